The van der Waals surface area contributed by atoms with Gasteiger partial charge < -0.3 is 20.1 Å². The van der Waals surface area contributed by atoms with E-state index in [9.17, 15) is 9.59 Å². The average molecular weight is 448 g/mol. The Hall–Kier alpha value is -3.35. The summed E-state index contributed by atoms with van der Waals surface area (Å²) in [6, 6.07) is 9.05. The average Bonchev–Trinajstić information content (AvgIpc) is 3.09. The number of hydrogen-bond acceptors (Lipinski definition) is 5. The number of β-lactam (4-membered cyclic amide) rings is 1. The molecule has 2 amide bonds. The predicted octanol–water partition coefficient (Wildman–Crippen LogP) is 2.81. The van der Waals surface area contributed by atoms with Crippen LogP contribution in [0.15, 0.2) is 35.3 Å². The maximum atomic E-state index is 12.8. The summed E-state index contributed by atoms with van der Waals surface area (Å²) in [5.41, 5.74) is 4.93. The Morgan fingerprint density at radius 1 is 1.21 bits per heavy atom. The molecule has 3 aliphatic heterocycles. The van der Waals surface area contributed by atoms with E-state index in [4.69, 9.17) is 14.5 Å². The quantitative estimate of drug-likeness (QED) is 0.706. The molecule has 2 aromatic rings. The molecule has 0 radical (unpaired) electrons. The molecule has 3 heterocycles. The van der Waals surface area contributed by atoms with Crippen LogP contribution in [-0.2, 0) is 17.6 Å². The van der Waals surface area contributed by atoms with Gasteiger partial charge in [0.15, 0.2) is 11.5 Å². The maximum Gasteiger partial charge on any atom is 0.252 e. The minimum atomic E-state index is -0.469. The first-order chi connectivity index (χ1) is 15.6. The first kappa shape index (κ1) is 21.5. The van der Waals surface area contributed by atoms with Gasteiger partial charge >= 0.3 is 0 Å². The van der Waals surface area contributed by atoms with Gasteiger partial charge in [0.1, 0.15) is 11.6 Å². The molecule has 33 heavy (non-hydrogen) atoms. The van der Waals surface area contributed by atoms with Crippen LogP contribution in [0.5, 0.6) is 11.5 Å². The van der Waals surface area contributed by atoms with Crippen molar-refractivity contribution < 1.29 is 19.1 Å². The highest BCUT2D eigenvalue weighted by Crippen LogP contribution is 2.47. The SMILES string of the molecule is COc1cc2c(c3c1OC(C)(C)C3)C(c1cccc(C(=O)NC3CNC3=O)c1)=NC(C)(C)C2. The minimum Gasteiger partial charge on any atom is -0.493 e. The van der Waals surface area contributed by atoms with Gasteiger partial charge in [-0.2, -0.15) is 0 Å². The Morgan fingerprint density at radius 3 is 2.67 bits per heavy atom. The lowest BCUT2D eigenvalue weighted by Crippen LogP contribution is -2.61. The molecule has 0 bridgehead atoms. The van der Waals surface area contributed by atoms with Crippen LogP contribution in [-0.4, -0.2) is 48.4 Å². The topological polar surface area (TPSA) is 89.0 Å². The van der Waals surface area contributed by atoms with Gasteiger partial charge in [0.2, 0.25) is 5.91 Å². The largest absolute Gasteiger partial charge is 0.493 e. The summed E-state index contributed by atoms with van der Waals surface area (Å²) in [7, 11) is 1.67. The number of amides is 2. The van der Waals surface area contributed by atoms with Crippen LogP contribution in [0.3, 0.4) is 0 Å². The van der Waals surface area contributed by atoms with E-state index in [1.54, 1.807) is 13.2 Å². The minimum absolute atomic E-state index is 0.154. The van der Waals surface area contributed by atoms with E-state index in [2.05, 4.69) is 44.4 Å². The first-order valence-electron chi connectivity index (χ1n) is 11.3. The van der Waals surface area contributed by atoms with E-state index in [-0.39, 0.29) is 23.0 Å². The molecule has 1 fully saturated rings. The van der Waals surface area contributed by atoms with Crippen molar-refractivity contribution in [2.24, 2.45) is 4.99 Å². The van der Waals surface area contributed by atoms with Crippen molar-refractivity contribution in [1.82, 2.24) is 10.6 Å². The monoisotopic (exact) mass is 447 g/mol. The normalized spacial score (nSPS) is 21.5. The third kappa shape index (κ3) is 3.75. The fourth-order valence-corrected chi connectivity index (χ4v) is 4.88. The van der Waals surface area contributed by atoms with Crippen molar-refractivity contribution in [3.63, 3.8) is 0 Å². The Labute approximate surface area is 193 Å². The third-order valence-electron chi connectivity index (χ3n) is 6.40. The highest BCUT2D eigenvalue weighted by molar-refractivity contribution is 6.17. The fraction of sp³-hybridized carbons (Fsp3) is 0.423. The Balaban J connectivity index is 1.60. The lowest BCUT2D eigenvalue weighted by atomic mass is 9.80. The van der Waals surface area contributed by atoms with Crippen molar-refractivity contribution in [3.05, 3.63) is 58.1 Å². The highest BCUT2D eigenvalue weighted by atomic mass is 16.5. The van der Waals surface area contributed by atoms with Crippen LogP contribution in [0.1, 0.15) is 60.3 Å². The van der Waals surface area contributed by atoms with Crippen molar-refractivity contribution in [1.29, 1.82) is 0 Å². The number of carbonyl (C=O) groups is 2. The van der Waals surface area contributed by atoms with E-state index in [0.29, 0.717) is 12.1 Å². The van der Waals surface area contributed by atoms with Gasteiger partial charge in [-0.05, 0) is 57.9 Å². The number of hydrogen-bond donors (Lipinski definition) is 2. The molecule has 2 aromatic carbocycles. The predicted molar refractivity (Wildman–Crippen MR) is 126 cm³/mol. The van der Waals surface area contributed by atoms with Gasteiger partial charge in [0, 0.05) is 35.2 Å². The van der Waals surface area contributed by atoms with Crippen LogP contribution < -0.4 is 20.1 Å². The van der Waals surface area contributed by atoms with E-state index in [1.165, 1.54) is 5.56 Å². The van der Waals surface area contributed by atoms with Crippen molar-refractivity contribution >= 4 is 17.5 Å². The van der Waals surface area contributed by atoms with E-state index in [1.807, 2.05) is 18.2 Å². The van der Waals surface area contributed by atoms with Gasteiger partial charge in [-0.1, -0.05) is 12.1 Å². The van der Waals surface area contributed by atoms with Gasteiger partial charge in [-0.3, -0.25) is 14.6 Å². The second-order valence-corrected chi connectivity index (χ2v) is 10.3. The molecule has 1 saturated heterocycles. The lowest BCUT2D eigenvalue weighted by molar-refractivity contribution is -0.128. The molecule has 2 N–H and O–H groups in total. The van der Waals surface area contributed by atoms with Gasteiger partial charge in [-0.15, -0.1) is 0 Å². The van der Waals surface area contributed by atoms with Crippen molar-refractivity contribution in [2.75, 3.05) is 13.7 Å². The summed E-state index contributed by atoms with van der Waals surface area (Å²) in [4.78, 5) is 29.5. The fourth-order valence-electron chi connectivity index (χ4n) is 4.88. The van der Waals surface area contributed by atoms with Gasteiger partial charge in [0.05, 0.1) is 18.4 Å². The van der Waals surface area contributed by atoms with Gasteiger partial charge in [-0.25, -0.2) is 0 Å². The lowest BCUT2D eigenvalue weighted by Gasteiger charge is -2.31. The maximum absolute atomic E-state index is 12.8. The number of aliphatic imine (C=N–C) groups is 1. The Bertz CT molecular complexity index is 1210. The number of nitrogens with zero attached hydrogens (tertiary/aromatic N) is 1. The molecular formula is C26H29N3O4. The van der Waals surface area contributed by atoms with Crippen LogP contribution >= 0.6 is 0 Å². The van der Waals surface area contributed by atoms with Crippen LogP contribution in [0.25, 0.3) is 0 Å². The number of fused-ring (bicyclic) bond motifs is 3. The molecule has 1 atom stereocenters. The zero-order chi connectivity index (χ0) is 23.5. The summed E-state index contributed by atoms with van der Waals surface area (Å²) in [6.45, 7) is 8.83. The summed E-state index contributed by atoms with van der Waals surface area (Å²) >= 11 is 0. The first-order valence-corrected chi connectivity index (χ1v) is 11.3. The molecule has 0 saturated carbocycles. The molecule has 5 rings (SSSR count). The number of ether oxygens (including phenoxy) is 2. The summed E-state index contributed by atoms with van der Waals surface area (Å²) in [6.07, 6.45) is 1.53. The molecule has 7 nitrogen and oxygen atoms in total. The third-order valence-corrected chi connectivity index (χ3v) is 6.40. The summed E-state index contributed by atoms with van der Waals surface area (Å²) in [5, 5.41) is 5.43. The second-order valence-electron chi connectivity index (χ2n) is 10.3. The van der Waals surface area contributed by atoms with E-state index >= 15 is 0 Å². The molecule has 7 heteroatoms. The van der Waals surface area contributed by atoms with Crippen molar-refractivity contribution in [3.8, 4) is 11.5 Å². The smallest absolute Gasteiger partial charge is 0.252 e. The summed E-state index contributed by atoms with van der Waals surface area (Å²) < 4.78 is 12.0. The van der Waals surface area contributed by atoms with Gasteiger partial charge in [0.25, 0.3) is 5.91 Å². The standard InChI is InChI=1S/C26H29N3O4/c1-25(2)11-16-10-19(32-5)22-17(12-26(3,4)33-22)20(16)21(29-25)14-7-6-8-15(9-14)23(30)28-18-13-27-24(18)31/h6-10,18H,11-13H2,1-5H3,(H,27,31)(H,28,30). The number of nitrogens with one attached hydrogen (secondary N) is 2. The van der Waals surface area contributed by atoms with Crippen LogP contribution in [0, 0.1) is 0 Å². The number of methoxy groups -OCH3 is 1. The zero-order valence-electron chi connectivity index (χ0n) is 19.7. The second kappa shape index (κ2) is 7.33. The molecular weight excluding hydrogens is 418 g/mol. The number of benzene rings is 2. The Morgan fingerprint density at radius 2 is 2.00 bits per heavy atom. The van der Waals surface area contributed by atoms with E-state index in [0.717, 1.165) is 46.7 Å². The number of rotatable bonds is 4. The molecule has 1 unspecified atom stereocenters. The van der Waals surface area contributed by atoms with E-state index < -0.39 is 6.04 Å². The van der Waals surface area contributed by atoms with Crippen LogP contribution in [0.4, 0.5) is 0 Å². The highest BCUT2D eigenvalue weighted by Gasteiger charge is 2.39. The summed E-state index contributed by atoms with van der Waals surface area (Å²) in [5.74, 6) is 1.10. The van der Waals surface area contributed by atoms with Crippen LogP contribution in [0.2, 0.25) is 0 Å². The molecule has 0 aliphatic carbocycles. The molecule has 0 aromatic heterocycles. The van der Waals surface area contributed by atoms with Crippen molar-refractivity contribution in [2.45, 2.75) is 57.7 Å². The molecule has 172 valence electrons. The molecule has 0 spiro atoms. The number of carbonyl (C=O) groups excluding carboxylic acids is 2. The zero-order valence-corrected chi connectivity index (χ0v) is 19.7. The Kier molecular flexibility index (Phi) is 4.78. The molecule has 3 aliphatic rings.